The predicted octanol–water partition coefficient (Wildman–Crippen LogP) is 4.59. The Morgan fingerprint density at radius 1 is 1.43 bits per heavy atom. The molecule has 1 aromatic carbocycles. The number of thiophene rings is 1. The molecule has 0 saturated carbocycles. The molecule has 0 bridgehead atoms. The summed E-state index contributed by atoms with van der Waals surface area (Å²) in [5.41, 5.74) is 2.46. The number of nitrogens with zero attached hydrogens (tertiary/aromatic N) is 1. The Morgan fingerprint density at radius 2 is 2.29 bits per heavy atom. The second-order valence-electron chi connectivity index (χ2n) is 5.17. The van der Waals surface area contributed by atoms with Gasteiger partial charge in [-0.25, -0.2) is 0 Å². The maximum absolute atomic E-state index is 11.0. The molecule has 0 saturated heterocycles. The third-order valence-electron chi connectivity index (χ3n) is 3.81. The van der Waals surface area contributed by atoms with Gasteiger partial charge >= 0.3 is 0 Å². The average molecular weight is 367 g/mol. The van der Waals surface area contributed by atoms with Crippen LogP contribution in [0.2, 0.25) is 0 Å². The highest BCUT2D eigenvalue weighted by molar-refractivity contribution is 9.10. The van der Waals surface area contributed by atoms with E-state index in [0.29, 0.717) is 17.1 Å². The summed E-state index contributed by atoms with van der Waals surface area (Å²) in [5, 5.41) is 16.6. The number of nitrogens with one attached hydrogen (secondary N) is 1. The number of fused-ring (bicyclic) bond motifs is 1. The SMILES string of the molecule is O=[N+]([O-])c1cc(CNC2CCCc3sccc32)ccc1Br. The van der Waals surface area contributed by atoms with Crippen LogP contribution < -0.4 is 5.32 Å². The van der Waals surface area contributed by atoms with Gasteiger partial charge in [0.1, 0.15) is 0 Å². The van der Waals surface area contributed by atoms with Crippen molar-refractivity contribution in [1.82, 2.24) is 5.32 Å². The van der Waals surface area contributed by atoms with E-state index in [2.05, 4.69) is 32.7 Å². The summed E-state index contributed by atoms with van der Waals surface area (Å²) in [6.45, 7) is 0.647. The molecule has 0 radical (unpaired) electrons. The molecule has 1 atom stereocenters. The van der Waals surface area contributed by atoms with E-state index in [1.165, 1.54) is 23.3 Å². The Morgan fingerprint density at radius 3 is 3.10 bits per heavy atom. The lowest BCUT2D eigenvalue weighted by Crippen LogP contribution is -2.23. The Bertz CT molecular complexity index is 671. The summed E-state index contributed by atoms with van der Waals surface area (Å²) < 4.78 is 0.522. The number of hydrogen-bond donors (Lipinski definition) is 1. The molecule has 0 fully saturated rings. The lowest BCUT2D eigenvalue weighted by molar-refractivity contribution is -0.385. The minimum Gasteiger partial charge on any atom is -0.306 e. The Hall–Kier alpha value is -1.24. The van der Waals surface area contributed by atoms with Crippen LogP contribution in [0.25, 0.3) is 0 Å². The van der Waals surface area contributed by atoms with Crippen LogP contribution in [-0.4, -0.2) is 4.92 Å². The van der Waals surface area contributed by atoms with Crippen LogP contribution in [0.1, 0.15) is 34.9 Å². The van der Waals surface area contributed by atoms with Gasteiger partial charge in [0.25, 0.3) is 5.69 Å². The van der Waals surface area contributed by atoms with Gasteiger partial charge in [-0.05, 0) is 63.8 Å². The molecule has 1 unspecified atom stereocenters. The van der Waals surface area contributed by atoms with Crippen molar-refractivity contribution in [3.8, 4) is 0 Å². The number of nitro benzene ring substituents is 1. The lowest BCUT2D eigenvalue weighted by Gasteiger charge is -2.23. The van der Waals surface area contributed by atoms with Crippen molar-refractivity contribution in [3.05, 3.63) is 60.2 Å². The van der Waals surface area contributed by atoms with Gasteiger partial charge in [0, 0.05) is 23.5 Å². The van der Waals surface area contributed by atoms with E-state index in [4.69, 9.17) is 0 Å². The third kappa shape index (κ3) is 3.17. The molecule has 110 valence electrons. The number of hydrogen-bond acceptors (Lipinski definition) is 4. The summed E-state index contributed by atoms with van der Waals surface area (Å²) in [4.78, 5) is 12.1. The molecule has 0 aliphatic heterocycles. The third-order valence-corrected chi connectivity index (χ3v) is 5.48. The second-order valence-corrected chi connectivity index (χ2v) is 7.02. The van der Waals surface area contributed by atoms with E-state index in [1.807, 2.05) is 17.4 Å². The molecule has 1 heterocycles. The van der Waals surface area contributed by atoms with Crippen LogP contribution in [0.3, 0.4) is 0 Å². The molecule has 0 spiro atoms. The fraction of sp³-hybridized carbons (Fsp3) is 0.333. The minimum atomic E-state index is -0.356. The van der Waals surface area contributed by atoms with Crippen LogP contribution in [0.4, 0.5) is 5.69 Å². The van der Waals surface area contributed by atoms with Crippen molar-refractivity contribution in [1.29, 1.82) is 0 Å². The van der Waals surface area contributed by atoms with Gasteiger partial charge in [0.05, 0.1) is 9.40 Å². The van der Waals surface area contributed by atoms with Crippen LogP contribution in [0.5, 0.6) is 0 Å². The Labute approximate surface area is 135 Å². The van der Waals surface area contributed by atoms with E-state index in [1.54, 1.807) is 12.1 Å². The largest absolute Gasteiger partial charge is 0.306 e. The van der Waals surface area contributed by atoms with Gasteiger partial charge in [0.15, 0.2) is 0 Å². The zero-order valence-electron chi connectivity index (χ0n) is 11.3. The minimum absolute atomic E-state index is 0.120. The van der Waals surface area contributed by atoms with E-state index >= 15 is 0 Å². The first-order valence-corrected chi connectivity index (χ1v) is 8.55. The van der Waals surface area contributed by atoms with Gasteiger partial charge in [-0.1, -0.05) is 6.07 Å². The first-order chi connectivity index (χ1) is 10.1. The van der Waals surface area contributed by atoms with Crippen molar-refractivity contribution in [2.45, 2.75) is 31.8 Å². The molecule has 2 aromatic rings. The Kier molecular flexibility index (Phi) is 4.37. The maximum atomic E-state index is 11.0. The topological polar surface area (TPSA) is 55.2 Å². The van der Waals surface area contributed by atoms with Gasteiger partial charge in [-0.3, -0.25) is 10.1 Å². The number of rotatable bonds is 4. The number of aryl methyl sites for hydroxylation is 1. The summed E-state index contributed by atoms with van der Waals surface area (Å²) in [6, 6.07) is 7.85. The first kappa shape index (κ1) is 14.7. The molecule has 21 heavy (non-hydrogen) atoms. The standard InChI is InChI=1S/C15H15BrN2O2S/c16-12-5-4-10(8-14(12)18(19)20)9-17-13-2-1-3-15-11(13)6-7-21-15/h4-8,13,17H,1-3,9H2. The summed E-state index contributed by atoms with van der Waals surface area (Å²) in [6.07, 6.45) is 3.50. The summed E-state index contributed by atoms with van der Waals surface area (Å²) >= 11 is 5.04. The normalized spacial score (nSPS) is 17.5. The van der Waals surface area contributed by atoms with Gasteiger partial charge < -0.3 is 5.32 Å². The van der Waals surface area contributed by atoms with E-state index in [0.717, 1.165) is 12.0 Å². The molecular formula is C15H15BrN2O2S. The number of halogens is 1. The van der Waals surface area contributed by atoms with E-state index in [9.17, 15) is 10.1 Å². The van der Waals surface area contributed by atoms with Crippen LogP contribution >= 0.6 is 27.3 Å². The van der Waals surface area contributed by atoms with E-state index < -0.39 is 0 Å². The van der Waals surface area contributed by atoms with Crippen LogP contribution in [-0.2, 0) is 13.0 Å². The van der Waals surface area contributed by atoms with E-state index in [-0.39, 0.29) is 10.6 Å². The molecule has 1 aliphatic rings. The van der Waals surface area contributed by atoms with Crippen molar-refractivity contribution in [3.63, 3.8) is 0 Å². The van der Waals surface area contributed by atoms with Crippen molar-refractivity contribution in [2.75, 3.05) is 0 Å². The molecule has 4 nitrogen and oxygen atoms in total. The monoisotopic (exact) mass is 366 g/mol. The smallest absolute Gasteiger partial charge is 0.283 e. The highest BCUT2D eigenvalue weighted by atomic mass is 79.9. The first-order valence-electron chi connectivity index (χ1n) is 6.87. The summed E-state index contributed by atoms with van der Waals surface area (Å²) in [7, 11) is 0. The predicted molar refractivity (Wildman–Crippen MR) is 87.6 cm³/mol. The maximum Gasteiger partial charge on any atom is 0.283 e. The fourth-order valence-corrected chi connectivity index (χ4v) is 4.13. The molecule has 1 aliphatic carbocycles. The zero-order valence-corrected chi connectivity index (χ0v) is 13.7. The molecule has 3 rings (SSSR count). The number of benzene rings is 1. The Balaban J connectivity index is 1.72. The van der Waals surface area contributed by atoms with Crippen molar-refractivity contribution >= 4 is 33.0 Å². The molecule has 1 aromatic heterocycles. The quantitative estimate of drug-likeness (QED) is 0.635. The molecule has 1 N–H and O–H groups in total. The summed E-state index contributed by atoms with van der Waals surface area (Å²) in [5.74, 6) is 0. The molecule has 6 heteroatoms. The second kappa shape index (κ2) is 6.25. The van der Waals surface area contributed by atoms with Gasteiger partial charge in [-0.2, -0.15) is 0 Å². The van der Waals surface area contributed by atoms with Crippen LogP contribution in [0, 0.1) is 10.1 Å². The highest BCUT2D eigenvalue weighted by Crippen LogP contribution is 2.33. The van der Waals surface area contributed by atoms with Gasteiger partial charge in [-0.15, -0.1) is 11.3 Å². The van der Waals surface area contributed by atoms with Gasteiger partial charge in [0.2, 0.25) is 0 Å². The van der Waals surface area contributed by atoms with Crippen LogP contribution in [0.15, 0.2) is 34.1 Å². The zero-order chi connectivity index (χ0) is 14.8. The fourth-order valence-electron chi connectivity index (χ4n) is 2.75. The van der Waals surface area contributed by atoms with Crippen molar-refractivity contribution < 1.29 is 4.92 Å². The average Bonchev–Trinajstić information content (AvgIpc) is 2.95. The highest BCUT2D eigenvalue weighted by Gasteiger charge is 2.21. The molecular weight excluding hydrogens is 352 g/mol. The lowest BCUT2D eigenvalue weighted by atomic mass is 9.94. The van der Waals surface area contributed by atoms with Crippen molar-refractivity contribution in [2.24, 2.45) is 0 Å². The number of nitro groups is 1. The molecule has 0 amide bonds.